The van der Waals surface area contributed by atoms with Crippen molar-refractivity contribution >= 4 is 5.97 Å². The molecule has 1 aromatic carbocycles. The highest BCUT2D eigenvalue weighted by molar-refractivity contribution is 5.80. The van der Waals surface area contributed by atoms with E-state index in [4.69, 9.17) is 10.8 Å². The Kier molecular flexibility index (Phi) is 2.97. The Hall–Kier alpha value is -1.55. The largest absolute Gasteiger partial charge is 0.508 e. The van der Waals surface area contributed by atoms with E-state index in [2.05, 4.69) is 0 Å². The molecule has 4 heteroatoms. The van der Waals surface area contributed by atoms with E-state index in [9.17, 15) is 9.90 Å². The lowest BCUT2D eigenvalue weighted by Crippen LogP contribution is -2.58. The van der Waals surface area contributed by atoms with Crippen LogP contribution in [0.3, 0.4) is 0 Å². The average Bonchev–Trinajstić information content (AvgIpc) is 2.17. The summed E-state index contributed by atoms with van der Waals surface area (Å²) in [5, 5.41) is 18.3. The third kappa shape index (κ3) is 1.88. The maximum atomic E-state index is 11.1. The first-order valence-electron chi connectivity index (χ1n) is 5.01. The highest BCUT2D eigenvalue weighted by Gasteiger charge is 2.45. The monoisotopic (exact) mass is 223 g/mol. The lowest BCUT2D eigenvalue weighted by Gasteiger charge is -2.38. The van der Waals surface area contributed by atoms with Crippen molar-refractivity contribution in [2.45, 2.75) is 31.7 Å². The van der Waals surface area contributed by atoms with Gasteiger partial charge in [-0.25, -0.2) is 0 Å². The predicted octanol–water partition coefficient (Wildman–Crippen LogP) is 1.47. The summed E-state index contributed by atoms with van der Waals surface area (Å²) >= 11 is 0. The SMILES string of the molecule is CC(N)(C(=O)O)C(C)(C)c1ccc(O)cc1. The van der Waals surface area contributed by atoms with Crippen LogP contribution in [0.15, 0.2) is 24.3 Å². The second-order valence-corrected chi connectivity index (χ2v) is 4.68. The Morgan fingerprint density at radius 2 is 1.62 bits per heavy atom. The molecule has 16 heavy (non-hydrogen) atoms. The summed E-state index contributed by atoms with van der Waals surface area (Å²) in [6.07, 6.45) is 0. The Morgan fingerprint density at radius 1 is 1.19 bits per heavy atom. The molecule has 0 aliphatic carbocycles. The molecule has 0 fully saturated rings. The molecule has 0 aliphatic rings. The number of aromatic hydroxyl groups is 1. The molecule has 1 rings (SSSR count). The molecular weight excluding hydrogens is 206 g/mol. The van der Waals surface area contributed by atoms with Gasteiger partial charge in [0.2, 0.25) is 0 Å². The first-order valence-corrected chi connectivity index (χ1v) is 5.01. The van der Waals surface area contributed by atoms with E-state index in [-0.39, 0.29) is 5.75 Å². The van der Waals surface area contributed by atoms with Crippen LogP contribution in [0.1, 0.15) is 26.3 Å². The Bertz CT molecular complexity index is 393. The summed E-state index contributed by atoms with van der Waals surface area (Å²) in [5.41, 5.74) is 4.52. The van der Waals surface area contributed by atoms with E-state index in [1.165, 1.54) is 19.1 Å². The van der Waals surface area contributed by atoms with Crippen LogP contribution < -0.4 is 5.73 Å². The highest BCUT2D eigenvalue weighted by atomic mass is 16.4. The minimum atomic E-state index is -1.37. The van der Waals surface area contributed by atoms with Crippen LogP contribution in [0, 0.1) is 0 Å². The van der Waals surface area contributed by atoms with Crippen molar-refractivity contribution in [3.8, 4) is 5.75 Å². The van der Waals surface area contributed by atoms with E-state index in [0.717, 1.165) is 5.56 Å². The fraction of sp³-hybridized carbons (Fsp3) is 0.417. The van der Waals surface area contributed by atoms with Crippen molar-refractivity contribution in [3.05, 3.63) is 29.8 Å². The van der Waals surface area contributed by atoms with Crippen LogP contribution in [-0.4, -0.2) is 21.7 Å². The standard InChI is InChI=1S/C12H17NO3/c1-11(2,12(3,13)10(15)16)8-4-6-9(14)7-5-8/h4-7,14H,13H2,1-3H3,(H,15,16). The number of benzene rings is 1. The van der Waals surface area contributed by atoms with Crippen LogP contribution in [-0.2, 0) is 10.2 Å². The van der Waals surface area contributed by atoms with Crippen LogP contribution in [0.4, 0.5) is 0 Å². The summed E-state index contributed by atoms with van der Waals surface area (Å²) in [7, 11) is 0. The van der Waals surface area contributed by atoms with Crippen LogP contribution in [0.5, 0.6) is 5.75 Å². The summed E-state index contributed by atoms with van der Waals surface area (Å²) in [6.45, 7) is 5.03. The number of phenols is 1. The van der Waals surface area contributed by atoms with Crippen molar-refractivity contribution in [2.75, 3.05) is 0 Å². The molecule has 0 spiro atoms. The van der Waals surface area contributed by atoms with Gasteiger partial charge in [0.05, 0.1) is 0 Å². The maximum absolute atomic E-state index is 11.1. The molecule has 0 aliphatic heterocycles. The zero-order valence-electron chi connectivity index (χ0n) is 9.69. The summed E-state index contributed by atoms with van der Waals surface area (Å²) < 4.78 is 0. The van der Waals surface area contributed by atoms with Gasteiger partial charge in [-0.15, -0.1) is 0 Å². The number of phenolic OH excluding ortho intramolecular Hbond substituents is 1. The Balaban J connectivity index is 3.20. The Labute approximate surface area is 94.7 Å². The topological polar surface area (TPSA) is 83.6 Å². The van der Waals surface area contributed by atoms with Crippen molar-refractivity contribution in [1.29, 1.82) is 0 Å². The molecular formula is C12H17NO3. The van der Waals surface area contributed by atoms with E-state index in [0.29, 0.717) is 0 Å². The average molecular weight is 223 g/mol. The number of rotatable bonds is 3. The van der Waals surface area contributed by atoms with Crippen molar-refractivity contribution in [3.63, 3.8) is 0 Å². The molecule has 88 valence electrons. The van der Waals surface area contributed by atoms with Gasteiger partial charge in [0.1, 0.15) is 11.3 Å². The number of carboxylic acid groups (broad SMARTS) is 1. The van der Waals surface area contributed by atoms with Gasteiger partial charge < -0.3 is 15.9 Å². The number of nitrogens with two attached hydrogens (primary N) is 1. The minimum absolute atomic E-state index is 0.147. The molecule has 0 bridgehead atoms. The summed E-state index contributed by atoms with van der Waals surface area (Å²) in [5.74, 6) is -0.904. The number of carboxylic acids is 1. The zero-order chi connectivity index (χ0) is 12.6. The fourth-order valence-electron chi connectivity index (χ4n) is 1.45. The number of carbonyl (C=O) groups is 1. The third-order valence-corrected chi connectivity index (χ3v) is 3.33. The molecule has 1 atom stereocenters. The van der Waals surface area contributed by atoms with Crippen molar-refractivity contribution in [2.24, 2.45) is 5.73 Å². The molecule has 0 heterocycles. The normalized spacial score (nSPS) is 15.5. The molecule has 0 saturated heterocycles. The fourth-order valence-corrected chi connectivity index (χ4v) is 1.45. The summed E-state index contributed by atoms with van der Waals surface area (Å²) in [4.78, 5) is 11.1. The lowest BCUT2D eigenvalue weighted by atomic mass is 9.69. The first-order chi connectivity index (χ1) is 7.19. The molecule has 0 saturated carbocycles. The number of aliphatic carboxylic acids is 1. The van der Waals surface area contributed by atoms with Crippen LogP contribution >= 0.6 is 0 Å². The van der Waals surface area contributed by atoms with Crippen LogP contribution in [0.2, 0.25) is 0 Å². The van der Waals surface area contributed by atoms with Crippen LogP contribution in [0.25, 0.3) is 0 Å². The quantitative estimate of drug-likeness (QED) is 0.724. The van der Waals surface area contributed by atoms with Crippen molar-refractivity contribution < 1.29 is 15.0 Å². The van der Waals surface area contributed by atoms with Gasteiger partial charge >= 0.3 is 5.97 Å². The highest BCUT2D eigenvalue weighted by Crippen LogP contribution is 2.34. The molecule has 1 unspecified atom stereocenters. The molecule has 0 aromatic heterocycles. The molecule has 4 nitrogen and oxygen atoms in total. The molecule has 0 radical (unpaired) electrons. The zero-order valence-corrected chi connectivity index (χ0v) is 9.69. The van der Waals surface area contributed by atoms with Gasteiger partial charge in [0.15, 0.2) is 0 Å². The second-order valence-electron chi connectivity index (χ2n) is 4.68. The Morgan fingerprint density at radius 3 is 2.00 bits per heavy atom. The number of hydrogen-bond acceptors (Lipinski definition) is 3. The van der Waals surface area contributed by atoms with E-state index in [1.54, 1.807) is 26.0 Å². The van der Waals surface area contributed by atoms with Gasteiger partial charge in [0.25, 0.3) is 0 Å². The minimum Gasteiger partial charge on any atom is -0.508 e. The summed E-state index contributed by atoms with van der Waals surface area (Å²) in [6, 6.07) is 6.41. The van der Waals surface area contributed by atoms with E-state index in [1.807, 2.05) is 0 Å². The van der Waals surface area contributed by atoms with Crippen molar-refractivity contribution in [1.82, 2.24) is 0 Å². The number of hydrogen-bond donors (Lipinski definition) is 3. The van der Waals surface area contributed by atoms with E-state index >= 15 is 0 Å². The third-order valence-electron chi connectivity index (χ3n) is 3.33. The molecule has 1 aromatic rings. The lowest BCUT2D eigenvalue weighted by molar-refractivity contribution is -0.145. The van der Waals surface area contributed by atoms with Gasteiger partial charge in [-0.3, -0.25) is 4.79 Å². The second kappa shape index (κ2) is 3.79. The predicted molar refractivity (Wildman–Crippen MR) is 61.4 cm³/mol. The van der Waals surface area contributed by atoms with Gasteiger partial charge in [-0.2, -0.15) is 0 Å². The molecule has 4 N–H and O–H groups in total. The van der Waals surface area contributed by atoms with Gasteiger partial charge in [0, 0.05) is 5.41 Å². The van der Waals surface area contributed by atoms with Gasteiger partial charge in [-0.1, -0.05) is 26.0 Å². The maximum Gasteiger partial charge on any atom is 0.324 e. The smallest absolute Gasteiger partial charge is 0.324 e. The molecule has 0 amide bonds. The van der Waals surface area contributed by atoms with Gasteiger partial charge in [-0.05, 0) is 24.6 Å². The van der Waals surface area contributed by atoms with E-state index < -0.39 is 16.9 Å². The first kappa shape index (κ1) is 12.5.